The molecule has 3 nitrogen and oxygen atoms in total. The number of hydrogen-bond donors (Lipinski definition) is 1. The van der Waals surface area contributed by atoms with Crippen LogP contribution in [0.15, 0.2) is 54.1 Å². The van der Waals surface area contributed by atoms with Crippen molar-refractivity contribution in [1.82, 2.24) is 0 Å². The molecule has 1 amide bonds. The summed E-state index contributed by atoms with van der Waals surface area (Å²) in [6.07, 6.45) is 1.45. The van der Waals surface area contributed by atoms with Crippen molar-refractivity contribution in [3.8, 4) is 6.07 Å². The van der Waals surface area contributed by atoms with Crippen molar-refractivity contribution < 1.29 is 4.79 Å². The summed E-state index contributed by atoms with van der Waals surface area (Å²) in [5, 5.41) is 12.8. The van der Waals surface area contributed by atoms with Gasteiger partial charge in [-0.05, 0) is 42.0 Å². The van der Waals surface area contributed by atoms with Gasteiger partial charge in [-0.25, -0.2) is 0 Å². The zero-order valence-electron chi connectivity index (χ0n) is 10.8. The third-order valence-corrected chi connectivity index (χ3v) is 3.27. The number of nitriles is 1. The lowest BCUT2D eigenvalue weighted by molar-refractivity contribution is -0.112. The van der Waals surface area contributed by atoms with Gasteiger partial charge in [0.15, 0.2) is 0 Å². The van der Waals surface area contributed by atoms with Crippen molar-refractivity contribution in [3.63, 3.8) is 0 Å². The largest absolute Gasteiger partial charge is 0.321 e. The summed E-state index contributed by atoms with van der Waals surface area (Å²) >= 11 is 11.8. The average Bonchev–Trinajstić information content (AvgIpc) is 2.48. The molecule has 0 aliphatic carbocycles. The Morgan fingerprint density at radius 1 is 1.10 bits per heavy atom. The van der Waals surface area contributed by atoms with E-state index in [1.54, 1.807) is 48.5 Å². The Hall–Kier alpha value is -2.28. The summed E-state index contributed by atoms with van der Waals surface area (Å²) in [6, 6.07) is 15.5. The van der Waals surface area contributed by atoms with Crippen LogP contribution in [-0.2, 0) is 4.79 Å². The van der Waals surface area contributed by atoms with Crippen LogP contribution in [0.1, 0.15) is 5.56 Å². The van der Waals surface area contributed by atoms with Crippen LogP contribution >= 0.6 is 23.2 Å². The molecular formula is C16H10Cl2N2O. The van der Waals surface area contributed by atoms with Gasteiger partial charge in [-0.15, -0.1) is 0 Å². The molecule has 0 spiro atoms. The highest BCUT2D eigenvalue weighted by molar-refractivity contribution is 6.32. The summed E-state index contributed by atoms with van der Waals surface area (Å²) in [5.41, 5.74) is 1.14. The van der Waals surface area contributed by atoms with Crippen LogP contribution in [0.2, 0.25) is 10.0 Å². The lowest BCUT2D eigenvalue weighted by Crippen LogP contribution is -2.13. The summed E-state index contributed by atoms with van der Waals surface area (Å²) in [6.45, 7) is 0. The molecule has 0 radical (unpaired) electrons. The molecule has 0 saturated carbocycles. The predicted molar refractivity (Wildman–Crippen MR) is 85.1 cm³/mol. The van der Waals surface area contributed by atoms with Gasteiger partial charge < -0.3 is 5.32 Å². The van der Waals surface area contributed by atoms with Crippen LogP contribution in [-0.4, -0.2) is 5.91 Å². The van der Waals surface area contributed by atoms with E-state index in [1.165, 1.54) is 6.08 Å². The van der Waals surface area contributed by atoms with Crippen molar-refractivity contribution in [3.05, 3.63) is 69.7 Å². The van der Waals surface area contributed by atoms with E-state index >= 15 is 0 Å². The molecule has 0 aromatic heterocycles. The Kier molecular flexibility index (Phi) is 4.99. The minimum absolute atomic E-state index is 0.0296. The van der Waals surface area contributed by atoms with Gasteiger partial charge in [-0.2, -0.15) is 5.26 Å². The molecule has 0 aliphatic heterocycles. The number of nitrogens with zero attached hydrogens (tertiary/aromatic N) is 1. The molecule has 0 bridgehead atoms. The Morgan fingerprint density at radius 3 is 2.38 bits per heavy atom. The van der Waals surface area contributed by atoms with E-state index < -0.39 is 5.91 Å². The Bertz CT molecular complexity index is 731. The lowest BCUT2D eigenvalue weighted by atomic mass is 10.1. The maximum Gasteiger partial charge on any atom is 0.266 e. The normalized spacial score (nSPS) is 10.8. The van der Waals surface area contributed by atoms with E-state index in [-0.39, 0.29) is 5.57 Å². The van der Waals surface area contributed by atoms with Crippen molar-refractivity contribution in [2.24, 2.45) is 0 Å². The zero-order valence-corrected chi connectivity index (χ0v) is 12.3. The number of rotatable bonds is 3. The van der Waals surface area contributed by atoms with Gasteiger partial charge >= 0.3 is 0 Å². The molecule has 2 aromatic carbocycles. The lowest BCUT2D eigenvalue weighted by Gasteiger charge is -2.04. The molecular weight excluding hydrogens is 307 g/mol. The predicted octanol–water partition coefficient (Wildman–Crippen LogP) is 4.54. The highest BCUT2D eigenvalue weighted by Gasteiger charge is 2.10. The topological polar surface area (TPSA) is 52.9 Å². The van der Waals surface area contributed by atoms with Gasteiger partial charge in [0.25, 0.3) is 5.91 Å². The fourth-order valence-corrected chi connectivity index (χ4v) is 1.94. The average molecular weight is 317 g/mol. The number of nitrogens with one attached hydrogen (secondary N) is 1. The summed E-state index contributed by atoms with van der Waals surface area (Å²) in [5.74, 6) is -0.500. The summed E-state index contributed by atoms with van der Waals surface area (Å²) in [4.78, 5) is 12.1. The zero-order chi connectivity index (χ0) is 15.2. The standard InChI is InChI=1S/C16H10Cl2N2O/c17-13-5-7-14(8-6-13)20-16(21)12(10-19)9-11-3-1-2-4-15(11)18/h1-9H,(H,20,21)/b12-9-. The van der Waals surface area contributed by atoms with E-state index in [0.29, 0.717) is 21.3 Å². The SMILES string of the molecule is N#C/C(=C/c1ccccc1Cl)C(=O)Nc1ccc(Cl)cc1. The molecule has 0 atom stereocenters. The molecule has 0 saturated heterocycles. The maximum atomic E-state index is 12.1. The van der Waals surface area contributed by atoms with Crippen LogP contribution in [0.5, 0.6) is 0 Å². The minimum Gasteiger partial charge on any atom is -0.321 e. The number of benzene rings is 2. The molecule has 5 heteroatoms. The van der Waals surface area contributed by atoms with Gasteiger partial charge in [0.1, 0.15) is 11.6 Å². The molecule has 104 valence electrons. The molecule has 0 heterocycles. The first kappa shape index (κ1) is 15.1. The second kappa shape index (κ2) is 6.94. The smallest absolute Gasteiger partial charge is 0.266 e. The Balaban J connectivity index is 2.22. The number of hydrogen-bond acceptors (Lipinski definition) is 2. The molecule has 0 aliphatic rings. The van der Waals surface area contributed by atoms with Gasteiger partial charge in [0.2, 0.25) is 0 Å². The first-order chi connectivity index (χ1) is 10.1. The van der Waals surface area contributed by atoms with E-state index in [4.69, 9.17) is 28.5 Å². The molecule has 0 fully saturated rings. The number of halogens is 2. The Morgan fingerprint density at radius 2 is 1.76 bits per heavy atom. The minimum atomic E-state index is -0.500. The number of amides is 1. The van der Waals surface area contributed by atoms with Gasteiger partial charge in [0.05, 0.1) is 0 Å². The van der Waals surface area contributed by atoms with Crippen LogP contribution < -0.4 is 5.32 Å². The highest BCUT2D eigenvalue weighted by Crippen LogP contribution is 2.19. The quantitative estimate of drug-likeness (QED) is 0.667. The van der Waals surface area contributed by atoms with Crippen LogP contribution in [0.25, 0.3) is 6.08 Å². The van der Waals surface area contributed by atoms with Gasteiger partial charge in [0, 0.05) is 15.7 Å². The van der Waals surface area contributed by atoms with Gasteiger partial charge in [-0.3, -0.25) is 4.79 Å². The number of anilines is 1. The van der Waals surface area contributed by atoms with Gasteiger partial charge in [-0.1, -0.05) is 41.4 Å². The van der Waals surface area contributed by atoms with E-state index in [1.807, 2.05) is 6.07 Å². The van der Waals surface area contributed by atoms with E-state index in [2.05, 4.69) is 5.32 Å². The summed E-state index contributed by atoms with van der Waals surface area (Å²) in [7, 11) is 0. The van der Waals surface area contributed by atoms with E-state index in [0.717, 1.165) is 0 Å². The molecule has 2 aromatic rings. The van der Waals surface area contributed by atoms with E-state index in [9.17, 15) is 4.79 Å². The van der Waals surface area contributed by atoms with Crippen molar-refractivity contribution in [1.29, 1.82) is 5.26 Å². The highest BCUT2D eigenvalue weighted by atomic mass is 35.5. The first-order valence-electron chi connectivity index (χ1n) is 6.03. The second-order valence-electron chi connectivity index (χ2n) is 4.15. The van der Waals surface area contributed by atoms with Crippen LogP contribution in [0.3, 0.4) is 0 Å². The third-order valence-electron chi connectivity index (χ3n) is 2.67. The van der Waals surface area contributed by atoms with Crippen LogP contribution in [0.4, 0.5) is 5.69 Å². The number of carbonyl (C=O) groups excluding carboxylic acids is 1. The summed E-state index contributed by atoms with van der Waals surface area (Å²) < 4.78 is 0. The second-order valence-corrected chi connectivity index (χ2v) is 5.00. The first-order valence-corrected chi connectivity index (χ1v) is 6.79. The molecule has 0 unspecified atom stereocenters. The molecule has 2 rings (SSSR count). The number of carbonyl (C=O) groups is 1. The van der Waals surface area contributed by atoms with Crippen molar-refractivity contribution in [2.45, 2.75) is 0 Å². The fourth-order valence-electron chi connectivity index (χ4n) is 1.63. The molecule has 21 heavy (non-hydrogen) atoms. The third kappa shape index (κ3) is 4.09. The van der Waals surface area contributed by atoms with Crippen molar-refractivity contribution in [2.75, 3.05) is 5.32 Å². The maximum absolute atomic E-state index is 12.1. The van der Waals surface area contributed by atoms with Crippen molar-refractivity contribution >= 4 is 40.9 Å². The fraction of sp³-hybridized carbons (Fsp3) is 0. The Labute approximate surface area is 132 Å². The monoisotopic (exact) mass is 316 g/mol. The van der Waals surface area contributed by atoms with Crippen LogP contribution in [0, 0.1) is 11.3 Å². The molecule has 1 N–H and O–H groups in total.